The Morgan fingerprint density at radius 2 is 2.00 bits per heavy atom. The topological polar surface area (TPSA) is 48.1 Å². The van der Waals surface area contributed by atoms with E-state index in [1.807, 2.05) is 36.4 Å². The molecule has 2 N–H and O–H groups in total. The Kier molecular flexibility index (Phi) is 4.12. The van der Waals surface area contributed by atoms with Crippen molar-refractivity contribution in [1.29, 1.82) is 0 Å². The van der Waals surface area contributed by atoms with Crippen molar-refractivity contribution >= 4 is 15.9 Å². The molecule has 0 atom stereocenters. The standard InChI is InChI=1S/C13H13BrN2O/c14-11-5-1-2-6-13(11)17-9-12-10(8-15)4-3-7-16-12/h1-7H,8-9,15H2. The third kappa shape index (κ3) is 3.05. The minimum Gasteiger partial charge on any atom is -0.486 e. The molecule has 0 radical (unpaired) electrons. The van der Waals surface area contributed by atoms with Gasteiger partial charge in [0.2, 0.25) is 0 Å². The Hall–Kier alpha value is -1.39. The number of pyridine rings is 1. The Morgan fingerprint density at radius 1 is 1.18 bits per heavy atom. The van der Waals surface area contributed by atoms with Gasteiger partial charge in [0.1, 0.15) is 12.4 Å². The molecule has 0 saturated carbocycles. The van der Waals surface area contributed by atoms with Gasteiger partial charge in [-0.2, -0.15) is 0 Å². The Bertz CT molecular complexity index is 502. The molecule has 2 rings (SSSR count). The van der Waals surface area contributed by atoms with Crippen molar-refractivity contribution in [2.45, 2.75) is 13.2 Å². The maximum Gasteiger partial charge on any atom is 0.134 e. The number of aromatic nitrogens is 1. The highest BCUT2D eigenvalue weighted by Crippen LogP contribution is 2.24. The van der Waals surface area contributed by atoms with Crippen LogP contribution in [0, 0.1) is 0 Å². The summed E-state index contributed by atoms with van der Waals surface area (Å²) in [5.74, 6) is 0.807. The predicted molar refractivity (Wildman–Crippen MR) is 70.6 cm³/mol. The molecule has 4 heteroatoms. The van der Waals surface area contributed by atoms with Crippen LogP contribution in [0.15, 0.2) is 47.1 Å². The van der Waals surface area contributed by atoms with Crippen LogP contribution in [0.3, 0.4) is 0 Å². The average Bonchev–Trinajstić information content (AvgIpc) is 2.38. The molecule has 0 aliphatic heterocycles. The van der Waals surface area contributed by atoms with Crippen molar-refractivity contribution in [1.82, 2.24) is 4.98 Å². The van der Waals surface area contributed by atoms with Crippen LogP contribution < -0.4 is 10.5 Å². The van der Waals surface area contributed by atoms with Gasteiger partial charge in [0.05, 0.1) is 10.2 Å². The molecule has 0 bridgehead atoms. The molecule has 0 aliphatic carbocycles. The largest absolute Gasteiger partial charge is 0.486 e. The summed E-state index contributed by atoms with van der Waals surface area (Å²) in [6.45, 7) is 0.901. The molecule has 0 aliphatic rings. The van der Waals surface area contributed by atoms with Gasteiger partial charge in [0, 0.05) is 12.7 Å². The van der Waals surface area contributed by atoms with Crippen LogP contribution in [0.2, 0.25) is 0 Å². The first-order chi connectivity index (χ1) is 8.31. The highest BCUT2D eigenvalue weighted by atomic mass is 79.9. The Morgan fingerprint density at radius 3 is 2.76 bits per heavy atom. The van der Waals surface area contributed by atoms with Gasteiger partial charge in [-0.05, 0) is 39.7 Å². The first-order valence-electron chi connectivity index (χ1n) is 5.31. The number of hydrogen-bond acceptors (Lipinski definition) is 3. The molecule has 1 aromatic heterocycles. The second kappa shape index (κ2) is 5.80. The van der Waals surface area contributed by atoms with Crippen molar-refractivity contribution in [2.75, 3.05) is 0 Å². The molecule has 2 aromatic rings. The van der Waals surface area contributed by atoms with E-state index in [1.165, 1.54) is 0 Å². The Balaban J connectivity index is 2.10. The molecule has 0 spiro atoms. The highest BCUT2D eigenvalue weighted by molar-refractivity contribution is 9.10. The van der Waals surface area contributed by atoms with Crippen molar-refractivity contribution < 1.29 is 4.74 Å². The van der Waals surface area contributed by atoms with E-state index in [0.717, 1.165) is 21.5 Å². The summed E-state index contributed by atoms with van der Waals surface area (Å²) in [4.78, 5) is 4.27. The number of rotatable bonds is 4. The third-order valence-corrected chi connectivity index (χ3v) is 3.06. The van der Waals surface area contributed by atoms with Crippen molar-refractivity contribution in [3.63, 3.8) is 0 Å². The molecule has 88 valence electrons. The summed E-state index contributed by atoms with van der Waals surface area (Å²) < 4.78 is 6.64. The van der Waals surface area contributed by atoms with Crippen LogP contribution in [0.4, 0.5) is 0 Å². The molecule has 1 heterocycles. The lowest BCUT2D eigenvalue weighted by Gasteiger charge is -2.09. The third-order valence-electron chi connectivity index (χ3n) is 2.41. The van der Waals surface area contributed by atoms with Crippen LogP contribution in [0.1, 0.15) is 11.3 Å². The number of ether oxygens (including phenoxy) is 1. The summed E-state index contributed by atoms with van der Waals surface area (Å²) in [7, 11) is 0. The second-order valence-electron chi connectivity index (χ2n) is 3.53. The fourth-order valence-electron chi connectivity index (χ4n) is 1.50. The molecule has 17 heavy (non-hydrogen) atoms. The zero-order valence-electron chi connectivity index (χ0n) is 9.27. The number of nitrogens with two attached hydrogens (primary N) is 1. The van der Waals surface area contributed by atoms with Gasteiger partial charge in [-0.25, -0.2) is 0 Å². The summed E-state index contributed by atoms with van der Waals surface area (Å²) in [6.07, 6.45) is 1.75. The lowest BCUT2D eigenvalue weighted by Crippen LogP contribution is -2.06. The van der Waals surface area contributed by atoms with Crippen LogP contribution in [0.5, 0.6) is 5.75 Å². The number of para-hydroxylation sites is 1. The van der Waals surface area contributed by atoms with Crippen molar-refractivity contribution in [3.05, 3.63) is 58.3 Å². The smallest absolute Gasteiger partial charge is 0.134 e. The van der Waals surface area contributed by atoms with Gasteiger partial charge < -0.3 is 10.5 Å². The van der Waals surface area contributed by atoms with Crippen molar-refractivity contribution in [2.24, 2.45) is 5.73 Å². The minimum absolute atomic E-state index is 0.427. The fourth-order valence-corrected chi connectivity index (χ4v) is 1.89. The monoisotopic (exact) mass is 292 g/mol. The number of nitrogens with zero attached hydrogens (tertiary/aromatic N) is 1. The van der Waals surface area contributed by atoms with Crippen LogP contribution in [-0.4, -0.2) is 4.98 Å². The van der Waals surface area contributed by atoms with Crippen LogP contribution in [0.25, 0.3) is 0 Å². The van der Waals surface area contributed by atoms with Gasteiger partial charge in [0.15, 0.2) is 0 Å². The molecular weight excluding hydrogens is 280 g/mol. The van der Waals surface area contributed by atoms with Crippen LogP contribution in [-0.2, 0) is 13.2 Å². The molecule has 0 amide bonds. The predicted octanol–water partition coefficient (Wildman–Crippen LogP) is 2.88. The van der Waals surface area contributed by atoms with Crippen molar-refractivity contribution in [3.8, 4) is 5.75 Å². The molecule has 0 saturated heterocycles. The molecule has 0 unspecified atom stereocenters. The quantitative estimate of drug-likeness (QED) is 0.943. The summed E-state index contributed by atoms with van der Waals surface area (Å²) in [6, 6.07) is 11.6. The van der Waals surface area contributed by atoms with Gasteiger partial charge in [-0.15, -0.1) is 0 Å². The molecule has 1 aromatic carbocycles. The number of halogens is 1. The van der Waals surface area contributed by atoms with E-state index in [0.29, 0.717) is 13.2 Å². The first kappa shape index (κ1) is 12.1. The minimum atomic E-state index is 0.427. The molecular formula is C13H13BrN2O. The van der Waals surface area contributed by atoms with Gasteiger partial charge in [0.25, 0.3) is 0 Å². The van der Waals surface area contributed by atoms with E-state index >= 15 is 0 Å². The highest BCUT2D eigenvalue weighted by Gasteiger charge is 2.04. The van der Waals surface area contributed by atoms with E-state index in [9.17, 15) is 0 Å². The average molecular weight is 293 g/mol. The maximum absolute atomic E-state index is 5.70. The number of benzene rings is 1. The SMILES string of the molecule is NCc1cccnc1COc1ccccc1Br. The van der Waals surface area contributed by atoms with E-state index in [2.05, 4.69) is 20.9 Å². The Labute approximate surface area is 109 Å². The lowest BCUT2D eigenvalue weighted by atomic mass is 10.2. The van der Waals surface area contributed by atoms with Gasteiger partial charge in [-0.3, -0.25) is 4.98 Å². The van der Waals surface area contributed by atoms with Gasteiger partial charge in [-0.1, -0.05) is 18.2 Å². The first-order valence-corrected chi connectivity index (χ1v) is 6.10. The van der Waals surface area contributed by atoms with E-state index < -0.39 is 0 Å². The van der Waals surface area contributed by atoms with E-state index in [1.54, 1.807) is 6.20 Å². The fraction of sp³-hybridized carbons (Fsp3) is 0.154. The second-order valence-corrected chi connectivity index (χ2v) is 4.39. The van der Waals surface area contributed by atoms with E-state index in [-0.39, 0.29) is 0 Å². The number of hydrogen-bond donors (Lipinski definition) is 1. The van der Waals surface area contributed by atoms with Gasteiger partial charge >= 0.3 is 0 Å². The zero-order valence-corrected chi connectivity index (χ0v) is 10.9. The zero-order chi connectivity index (χ0) is 12.1. The molecule has 3 nitrogen and oxygen atoms in total. The normalized spacial score (nSPS) is 10.2. The molecule has 0 fully saturated rings. The summed E-state index contributed by atoms with van der Waals surface area (Å²) in [5.41, 5.74) is 7.54. The van der Waals surface area contributed by atoms with E-state index in [4.69, 9.17) is 10.5 Å². The summed E-state index contributed by atoms with van der Waals surface area (Å²) in [5, 5.41) is 0. The van der Waals surface area contributed by atoms with Crippen LogP contribution >= 0.6 is 15.9 Å². The lowest BCUT2D eigenvalue weighted by molar-refractivity contribution is 0.298. The maximum atomic E-state index is 5.70. The summed E-state index contributed by atoms with van der Waals surface area (Å²) >= 11 is 3.44.